The van der Waals surface area contributed by atoms with Gasteiger partial charge >= 0.3 is 17.9 Å². The van der Waals surface area contributed by atoms with E-state index in [2.05, 4.69) is 4.90 Å². The monoisotopic (exact) mass is 541 g/mol. The maximum absolute atomic E-state index is 12.4. The number of hydrogen-bond donors (Lipinski definition) is 2. The van der Waals surface area contributed by atoms with E-state index in [1.807, 2.05) is 14.1 Å². The Hall–Kier alpha value is -1.63. The Labute approximate surface area is 233 Å². The molecule has 0 fully saturated rings. The van der Waals surface area contributed by atoms with Crippen LogP contribution in [0.4, 0.5) is 0 Å². The summed E-state index contributed by atoms with van der Waals surface area (Å²) in [6.45, 7) is 0.902. The van der Waals surface area contributed by atoms with Crippen molar-refractivity contribution in [2.24, 2.45) is 0 Å². The lowest BCUT2D eigenvalue weighted by molar-refractivity contribution is -0.150. The molecule has 0 rings (SSSR count). The smallest absolute Gasteiger partial charge is 0.306 e. The van der Waals surface area contributed by atoms with Crippen LogP contribution in [0.3, 0.4) is 0 Å². The van der Waals surface area contributed by atoms with Crippen LogP contribution in [0.15, 0.2) is 0 Å². The molecule has 0 aliphatic heterocycles. The Balaban J connectivity index is 3.99. The van der Waals surface area contributed by atoms with Crippen LogP contribution in [0.25, 0.3) is 0 Å². The molecular formula is C31H59NO6. The normalized spacial score (nSPS) is 11.4. The van der Waals surface area contributed by atoms with Gasteiger partial charge < -0.3 is 19.8 Å². The van der Waals surface area contributed by atoms with Gasteiger partial charge in [0, 0.05) is 19.3 Å². The van der Waals surface area contributed by atoms with Gasteiger partial charge in [-0.2, -0.15) is 0 Å². The summed E-state index contributed by atoms with van der Waals surface area (Å²) in [7, 11) is 4.04. The number of hydrogen-bond acceptors (Lipinski definition) is 5. The minimum atomic E-state index is -0.694. The molecule has 2 N–H and O–H groups in total. The summed E-state index contributed by atoms with van der Waals surface area (Å²) in [4.78, 5) is 35.5. The average molecular weight is 542 g/mol. The first-order valence-corrected chi connectivity index (χ1v) is 15.6. The summed E-state index contributed by atoms with van der Waals surface area (Å²) in [5.74, 6) is -1.44. The number of aliphatic carboxylic acids is 2. The van der Waals surface area contributed by atoms with Crippen molar-refractivity contribution in [1.29, 1.82) is 0 Å². The second kappa shape index (κ2) is 27.0. The van der Waals surface area contributed by atoms with Crippen LogP contribution >= 0.6 is 0 Å². The maximum Gasteiger partial charge on any atom is 0.306 e. The van der Waals surface area contributed by atoms with E-state index in [0.717, 1.165) is 77.2 Å². The van der Waals surface area contributed by atoms with E-state index < -0.39 is 11.9 Å². The molecule has 224 valence electrons. The molecule has 0 spiro atoms. The highest BCUT2D eigenvalue weighted by Crippen LogP contribution is 2.18. The van der Waals surface area contributed by atoms with Crippen LogP contribution in [0.2, 0.25) is 0 Å². The number of unbranched alkanes of at least 4 members (excludes halogenated alkanes) is 16. The number of carboxylic acids is 2. The molecule has 38 heavy (non-hydrogen) atoms. The summed E-state index contributed by atoms with van der Waals surface area (Å²) in [6.07, 6.45) is 24.1. The molecule has 7 nitrogen and oxygen atoms in total. The largest absolute Gasteiger partial charge is 0.481 e. The fourth-order valence-electron chi connectivity index (χ4n) is 4.82. The van der Waals surface area contributed by atoms with E-state index in [1.54, 1.807) is 0 Å². The second-order valence-electron chi connectivity index (χ2n) is 11.2. The van der Waals surface area contributed by atoms with E-state index in [9.17, 15) is 14.4 Å². The zero-order chi connectivity index (χ0) is 28.3. The number of carbonyl (C=O) groups excluding carboxylic acids is 1. The number of nitrogens with zero attached hydrogens (tertiary/aromatic N) is 1. The van der Waals surface area contributed by atoms with Crippen molar-refractivity contribution < 1.29 is 29.3 Å². The lowest BCUT2D eigenvalue weighted by atomic mass is 10.0. The Morgan fingerprint density at radius 2 is 0.868 bits per heavy atom. The molecule has 0 bridgehead atoms. The van der Waals surface area contributed by atoms with Gasteiger partial charge in [-0.3, -0.25) is 14.4 Å². The minimum Gasteiger partial charge on any atom is -0.481 e. The van der Waals surface area contributed by atoms with E-state index in [4.69, 9.17) is 14.9 Å². The van der Waals surface area contributed by atoms with Crippen molar-refractivity contribution in [2.45, 2.75) is 160 Å². The third-order valence-electron chi connectivity index (χ3n) is 7.12. The topological polar surface area (TPSA) is 104 Å². The fourth-order valence-corrected chi connectivity index (χ4v) is 4.82. The first-order valence-electron chi connectivity index (χ1n) is 15.6. The zero-order valence-corrected chi connectivity index (χ0v) is 24.7. The molecule has 0 unspecified atom stereocenters. The quantitative estimate of drug-likeness (QED) is 0.0730. The van der Waals surface area contributed by atoms with Crippen LogP contribution in [0.5, 0.6) is 0 Å². The van der Waals surface area contributed by atoms with Crippen LogP contribution in [-0.2, 0) is 19.1 Å². The fraction of sp³-hybridized carbons (Fsp3) is 0.903. The summed E-state index contributed by atoms with van der Waals surface area (Å²) in [5, 5.41) is 17.3. The van der Waals surface area contributed by atoms with E-state index in [-0.39, 0.29) is 12.1 Å². The lowest BCUT2D eigenvalue weighted by Gasteiger charge is -2.18. The number of rotatable bonds is 29. The van der Waals surface area contributed by atoms with Gasteiger partial charge in [-0.1, -0.05) is 89.9 Å². The average Bonchev–Trinajstić information content (AvgIpc) is 2.84. The molecule has 0 atom stereocenters. The van der Waals surface area contributed by atoms with Gasteiger partial charge in [0.25, 0.3) is 0 Å². The highest BCUT2D eigenvalue weighted by Gasteiger charge is 2.14. The Morgan fingerprint density at radius 1 is 0.526 bits per heavy atom. The van der Waals surface area contributed by atoms with E-state index in [1.165, 1.54) is 64.2 Å². The van der Waals surface area contributed by atoms with Crippen molar-refractivity contribution in [2.75, 3.05) is 20.6 Å². The van der Waals surface area contributed by atoms with Gasteiger partial charge in [0.1, 0.15) is 6.10 Å². The van der Waals surface area contributed by atoms with Crippen molar-refractivity contribution in [3.8, 4) is 0 Å². The number of ether oxygens (including phenoxy) is 1. The number of carbonyl (C=O) groups is 3. The van der Waals surface area contributed by atoms with Crippen LogP contribution in [0.1, 0.15) is 154 Å². The maximum atomic E-state index is 12.4. The molecule has 0 saturated heterocycles. The first kappa shape index (κ1) is 36.4. The molecule has 0 radical (unpaired) electrons. The minimum absolute atomic E-state index is 0.0466. The first-order chi connectivity index (χ1) is 18.3. The lowest BCUT2D eigenvalue weighted by Crippen LogP contribution is -2.20. The molecule has 0 aromatic carbocycles. The highest BCUT2D eigenvalue weighted by molar-refractivity contribution is 5.69. The highest BCUT2D eigenvalue weighted by atomic mass is 16.5. The van der Waals surface area contributed by atoms with Crippen molar-refractivity contribution in [3.05, 3.63) is 0 Å². The zero-order valence-electron chi connectivity index (χ0n) is 24.7. The third-order valence-corrected chi connectivity index (χ3v) is 7.12. The number of esters is 1. The van der Waals surface area contributed by atoms with Gasteiger partial charge in [0.2, 0.25) is 0 Å². The SMILES string of the molecule is CN(C)CCCC(=O)OC(CCCCCCCCCCCC(=O)O)CCCCCCCCCCCC(=O)O. The molecule has 0 aliphatic rings. The summed E-state index contributed by atoms with van der Waals surface area (Å²) in [6, 6.07) is 0. The molecule has 0 aliphatic carbocycles. The standard InChI is InChI=1S/C31H59NO6/c1-32(2)27-21-26-31(37)38-28(22-17-13-9-5-3-7-11-15-19-24-29(33)34)23-18-14-10-6-4-8-12-16-20-25-30(35)36/h28H,3-27H2,1-2H3,(H,33,34)(H,35,36). The van der Waals surface area contributed by atoms with Crippen molar-refractivity contribution in [3.63, 3.8) is 0 Å². The van der Waals surface area contributed by atoms with Crippen LogP contribution in [-0.4, -0.2) is 59.8 Å². The predicted molar refractivity (Wildman–Crippen MR) is 155 cm³/mol. The molecular weight excluding hydrogens is 482 g/mol. The Morgan fingerprint density at radius 3 is 1.21 bits per heavy atom. The molecule has 7 heteroatoms. The summed E-state index contributed by atoms with van der Waals surface area (Å²) >= 11 is 0. The van der Waals surface area contributed by atoms with Crippen LogP contribution in [0, 0.1) is 0 Å². The molecule has 0 aromatic heterocycles. The predicted octanol–water partition coefficient (Wildman–Crippen LogP) is 7.99. The van der Waals surface area contributed by atoms with Gasteiger partial charge in [0.05, 0.1) is 0 Å². The van der Waals surface area contributed by atoms with Gasteiger partial charge in [-0.25, -0.2) is 0 Å². The summed E-state index contributed by atoms with van der Waals surface area (Å²) < 4.78 is 5.89. The van der Waals surface area contributed by atoms with E-state index in [0.29, 0.717) is 19.3 Å². The van der Waals surface area contributed by atoms with Crippen molar-refractivity contribution >= 4 is 17.9 Å². The summed E-state index contributed by atoms with van der Waals surface area (Å²) in [5.41, 5.74) is 0. The van der Waals surface area contributed by atoms with Crippen molar-refractivity contribution in [1.82, 2.24) is 4.90 Å². The third kappa shape index (κ3) is 28.9. The molecule has 0 aromatic rings. The Kier molecular flexibility index (Phi) is 25.8. The Bertz CT molecular complexity index is 545. The van der Waals surface area contributed by atoms with Crippen LogP contribution < -0.4 is 0 Å². The van der Waals surface area contributed by atoms with E-state index >= 15 is 0 Å². The van der Waals surface area contributed by atoms with Gasteiger partial charge in [-0.05, 0) is 65.6 Å². The van der Waals surface area contributed by atoms with Gasteiger partial charge in [0.15, 0.2) is 0 Å². The van der Waals surface area contributed by atoms with Gasteiger partial charge in [-0.15, -0.1) is 0 Å². The number of carboxylic acid groups (broad SMARTS) is 2. The molecule has 0 amide bonds. The molecule has 0 heterocycles. The molecule has 0 saturated carbocycles. The second-order valence-corrected chi connectivity index (χ2v) is 11.2.